The van der Waals surface area contributed by atoms with Crippen LogP contribution in [0.5, 0.6) is 0 Å². The van der Waals surface area contributed by atoms with E-state index in [2.05, 4.69) is 252 Å². The molecule has 9 aromatic carbocycles. The zero-order chi connectivity index (χ0) is 42.0. The lowest BCUT2D eigenvalue weighted by molar-refractivity contribution is 1.18. The summed E-state index contributed by atoms with van der Waals surface area (Å²) >= 11 is 0. The van der Waals surface area contributed by atoms with Gasteiger partial charge in [-0.25, -0.2) is 0 Å². The Morgan fingerprint density at radius 3 is 1.67 bits per heavy atom. The van der Waals surface area contributed by atoms with Crippen LogP contribution in [0.15, 0.2) is 224 Å². The molecule has 0 saturated carbocycles. The Kier molecular flexibility index (Phi) is 8.62. The monoisotopic (exact) mass is 805 g/mol. The first-order valence-electron chi connectivity index (χ1n) is 21.8. The van der Waals surface area contributed by atoms with Crippen LogP contribution in [0.3, 0.4) is 0 Å². The number of hydrogen-bond acceptors (Lipinski definition) is 1. The van der Waals surface area contributed by atoms with Gasteiger partial charge in [0.15, 0.2) is 0 Å². The molecule has 0 fully saturated rings. The van der Waals surface area contributed by atoms with Crippen LogP contribution in [0.4, 0.5) is 17.1 Å². The molecule has 0 unspecified atom stereocenters. The molecule has 0 amide bonds. The van der Waals surface area contributed by atoms with Gasteiger partial charge in [-0.05, 0) is 126 Å². The number of fused-ring (bicyclic) bond motifs is 9. The molecule has 0 bridgehead atoms. The molecular weight excluding hydrogens is 763 g/mol. The van der Waals surface area contributed by atoms with Crippen molar-refractivity contribution in [1.29, 1.82) is 0 Å². The molecule has 0 aliphatic rings. The molecule has 298 valence electrons. The summed E-state index contributed by atoms with van der Waals surface area (Å²) < 4.78 is 4.86. The van der Waals surface area contributed by atoms with Gasteiger partial charge in [-0.3, -0.25) is 0 Å². The number of allylic oxidation sites excluding steroid dienone is 4. The van der Waals surface area contributed by atoms with E-state index in [1.807, 2.05) is 0 Å². The van der Waals surface area contributed by atoms with Crippen LogP contribution in [-0.4, -0.2) is 8.97 Å². The minimum Gasteiger partial charge on any atom is -0.310 e. The molecule has 0 atom stereocenters. The van der Waals surface area contributed by atoms with Crippen molar-refractivity contribution in [3.63, 3.8) is 0 Å². The minimum absolute atomic E-state index is 1.10. The van der Waals surface area contributed by atoms with Crippen LogP contribution >= 0.6 is 0 Å². The van der Waals surface area contributed by atoms with Crippen molar-refractivity contribution in [1.82, 2.24) is 8.97 Å². The molecule has 3 nitrogen and oxygen atoms in total. The summed E-state index contributed by atoms with van der Waals surface area (Å²) in [4.78, 5) is 2.44. The summed E-state index contributed by atoms with van der Waals surface area (Å²) in [6.07, 6.45) is 6.49. The first kappa shape index (κ1) is 36.7. The average molecular weight is 806 g/mol. The van der Waals surface area contributed by atoms with Gasteiger partial charge in [0.05, 0.1) is 33.3 Å². The molecule has 0 N–H and O–H groups in total. The molecule has 0 aliphatic carbocycles. The number of benzene rings is 9. The molecule has 3 aromatic heterocycles. The third-order valence-electron chi connectivity index (χ3n) is 12.9. The molecular formula is C60H43N3. The van der Waals surface area contributed by atoms with Gasteiger partial charge < -0.3 is 13.9 Å². The summed E-state index contributed by atoms with van der Waals surface area (Å²) in [5.41, 5.74) is 17.8. The summed E-state index contributed by atoms with van der Waals surface area (Å²) in [6.45, 7) is 4.19. The molecule has 63 heavy (non-hydrogen) atoms. The lowest BCUT2D eigenvalue weighted by Gasteiger charge is -2.27. The van der Waals surface area contributed by atoms with Gasteiger partial charge in [-0.2, -0.15) is 0 Å². The second-order valence-corrected chi connectivity index (χ2v) is 16.4. The predicted octanol–water partition coefficient (Wildman–Crippen LogP) is 16.7. The van der Waals surface area contributed by atoms with E-state index >= 15 is 0 Å². The summed E-state index contributed by atoms with van der Waals surface area (Å²) in [5, 5.41) is 7.53. The predicted molar refractivity (Wildman–Crippen MR) is 269 cm³/mol. The molecule has 0 radical (unpaired) electrons. The van der Waals surface area contributed by atoms with E-state index in [9.17, 15) is 0 Å². The van der Waals surface area contributed by atoms with Gasteiger partial charge in [0.25, 0.3) is 0 Å². The van der Waals surface area contributed by atoms with E-state index in [0.29, 0.717) is 0 Å². The Morgan fingerprint density at radius 1 is 0.429 bits per heavy atom. The number of anilines is 3. The van der Waals surface area contributed by atoms with Crippen LogP contribution < -0.4 is 4.90 Å². The first-order chi connectivity index (χ1) is 31.2. The molecule has 3 heterocycles. The van der Waals surface area contributed by atoms with Crippen molar-refractivity contribution in [2.45, 2.75) is 13.8 Å². The van der Waals surface area contributed by atoms with Crippen LogP contribution in [0.25, 0.3) is 93.4 Å². The zero-order valence-corrected chi connectivity index (χ0v) is 35.2. The van der Waals surface area contributed by atoms with Crippen molar-refractivity contribution in [3.8, 4) is 27.9 Å². The fraction of sp³-hybridized carbons (Fsp3) is 0.0333. The average Bonchev–Trinajstić information content (AvgIpc) is 3.99. The van der Waals surface area contributed by atoms with Gasteiger partial charge in [0.1, 0.15) is 0 Å². The highest BCUT2D eigenvalue weighted by atomic mass is 15.1. The lowest BCUT2D eigenvalue weighted by Crippen LogP contribution is -2.10. The fourth-order valence-corrected chi connectivity index (χ4v) is 10.1. The van der Waals surface area contributed by atoms with Crippen LogP contribution in [-0.2, 0) is 0 Å². The zero-order valence-electron chi connectivity index (χ0n) is 35.2. The smallest absolute Gasteiger partial charge is 0.0641 e. The quantitative estimate of drug-likeness (QED) is 0.139. The Hall–Kier alpha value is -8.14. The second-order valence-electron chi connectivity index (χ2n) is 16.4. The van der Waals surface area contributed by atoms with Crippen molar-refractivity contribution >= 4 is 82.5 Å². The summed E-state index contributed by atoms with van der Waals surface area (Å²) in [5.74, 6) is 0. The maximum Gasteiger partial charge on any atom is 0.0641 e. The van der Waals surface area contributed by atoms with Crippen molar-refractivity contribution in [2.24, 2.45) is 0 Å². The molecule has 12 rings (SSSR count). The van der Waals surface area contributed by atoms with Gasteiger partial charge in [-0.1, -0.05) is 146 Å². The highest BCUT2D eigenvalue weighted by Gasteiger charge is 2.24. The molecule has 12 aromatic rings. The van der Waals surface area contributed by atoms with Crippen molar-refractivity contribution in [3.05, 3.63) is 230 Å². The topological polar surface area (TPSA) is 12.6 Å². The van der Waals surface area contributed by atoms with Gasteiger partial charge in [0.2, 0.25) is 0 Å². The maximum absolute atomic E-state index is 2.46. The van der Waals surface area contributed by atoms with Crippen LogP contribution in [0.2, 0.25) is 0 Å². The first-order valence-corrected chi connectivity index (χ1v) is 21.8. The van der Waals surface area contributed by atoms with Gasteiger partial charge in [-0.15, -0.1) is 0 Å². The number of rotatable bonds is 8. The standard InChI is InChI=1S/C60H43N3/c1-3-15-40(4-2)44-28-35-56-52(38-44)53-39-45(29-36-57(53)62(56)46-18-9-6-10-19-46)43-26-32-48(33-27-43)61(47-30-24-42(25-31-47)41-16-7-5-8-17-41)58-37-34-50-49-20-11-13-22-54(49)63-55-23-14-12-21-51(55)59(58)60(50)63/h3-39H,1-2H3/b15-3-,40-4+. The highest BCUT2D eigenvalue weighted by Crippen LogP contribution is 2.48. The molecule has 0 aliphatic heterocycles. The van der Waals surface area contributed by atoms with E-state index in [1.165, 1.54) is 93.3 Å². The molecule has 3 heteroatoms. The second kappa shape index (κ2) is 14.8. The lowest BCUT2D eigenvalue weighted by atomic mass is 9.99. The largest absolute Gasteiger partial charge is 0.310 e. The van der Waals surface area contributed by atoms with Gasteiger partial charge >= 0.3 is 0 Å². The Balaban J connectivity index is 1.03. The fourth-order valence-electron chi connectivity index (χ4n) is 10.1. The molecule has 0 saturated heterocycles. The number of para-hydroxylation sites is 3. The Bertz CT molecular complexity index is 3720. The SMILES string of the molecule is C/C=C\C(=C/C)c1ccc2c(c1)c1cc(-c3ccc(N(c4ccc(-c5ccccc5)cc4)c4ccc5c6ccccc6n6c7ccccc7c4c56)cc3)ccc1n2-c1ccccc1. The van der Waals surface area contributed by atoms with Crippen molar-refractivity contribution < 1.29 is 0 Å². The van der Waals surface area contributed by atoms with Crippen LogP contribution in [0.1, 0.15) is 19.4 Å². The Labute approximate surface area is 366 Å². The minimum atomic E-state index is 1.10. The number of hydrogen-bond donors (Lipinski definition) is 0. The van der Waals surface area contributed by atoms with Gasteiger partial charge in [0, 0.05) is 49.4 Å². The van der Waals surface area contributed by atoms with Crippen molar-refractivity contribution in [2.75, 3.05) is 4.90 Å². The number of nitrogens with zero attached hydrogens (tertiary/aromatic N) is 3. The van der Waals surface area contributed by atoms with E-state index < -0.39 is 0 Å². The maximum atomic E-state index is 2.46. The van der Waals surface area contributed by atoms with E-state index in [1.54, 1.807) is 0 Å². The summed E-state index contributed by atoms with van der Waals surface area (Å²) in [7, 11) is 0. The highest BCUT2D eigenvalue weighted by molar-refractivity contribution is 6.27. The van der Waals surface area contributed by atoms with E-state index in [0.717, 1.165) is 22.7 Å². The number of aromatic nitrogens is 2. The third-order valence-corrected chi connectivity index (χ3v) is 12.9. The summed E-state index contributed by atoms with van der Waals surface area (Å²) in [6, 6.07) is 75.7. The normalized spacial score (nSPS) is 12.3. The van der Waals surface area contributed by atoms with E-state index in [4.69, 9.17) is 0 Å². The van der Waals surface area contributed by atoms with Crippen LogP contribution in [0, 0.1) is 0 Å². The van der Waals surface area contributed by atoms with E-state index in [-0.39, 0.29) is 0 Å². The third kappa shape index (κ3) is 5.81. The Morgan fingerprint density at radius 2 is 0.984 bits per heavy atom. The molecule has 0 spiro atoms.